The van der Waals surface area contributed by atoms with E-state index in [1.54, 1.807) is 12.1 Å². The summed E-state index contributed by atoms with van der Waals surface area (Å²) in [6.45, 7) is 3.60. The maximum absolute atomic E-state index is 12.5. The average molecular weight is 314 g/mol. The van der Waals surface area contributed by atoms with Gasteiger partial charge in [0, 0.05) is 25.7 Å². The number of amides is 1. The first-order valence-corrected chi connectivity index (χ1v) is 7.76. The molecule has 0 saturated carbocycles. The van der Waals surface area contributed by atoms with Crippen LogP contribution in [0.15, 0.2) is 12.1 Å². The van der Waals surface area contributed by atoms with Crippen LogP contribution in [0.3, 0.4) is 0 Å². The highest BCUT2D eigenvalue weighted by Crippen LogP contribution is 2.24. The number of hydrogen-bond donors (Lipinski definition) is 0. The number of halogens is 2. The van der Waals surface area contributed by atoms with E-state index < -0.39 is 0 Å². The standard InChI is InChI=1S/C14H17Cl2N3O/c15-11-4-5-12(16)17-13(11)14(20)19-8-7-18-6-2-1-3-10(18)9-19/h4-5,10H,1-3,6-9H2. The summed E-state index contributed by atoms with van der Waals surface area (Å²) in [5.41, 5.74) is 0.267. The number of hydrogen-bond acceptors (Lipinski definition) is 3. The van der Waals surface area contributed by atoms with Crippen molar-refractivity contribution in [1.82, 2.24) is 14.8 Å². The molecule has 0 spiro atoms. The predicted molar refractivity (Wildman–Crippen MR) is 79.4 cm³/mol. The van der Waals surface area contributed by atoms with E-state index in [0.29, 0.717) is 16.2 Å². The fourth-order valence-corrected chi connectivity index (χ4v) is 3.39. The van der Waals surface area contributed by atoms with E-state index in [0.717, 1.165) is 26.2 Å². The number of piperidine rings is 1. The van der Waals surface area contributed by atoms with Gasteiger partial charge in [0.2, 0.25) is 0 Å². The lowest BCUT2D eigenvalue weighted by molar-refractivity contribution is 0.0368. The maximum Gasteiger partial charge on any atom is 0.274 e. The van der Waals surface area contributed by atoms with Crippen LogP contribution in [0.2, 0.25) is 10.2 Å². The molecule has 0 N–H and O–H groups in total. The molecule has 1 unspecified atom stereocenters. The summed E-state index contributed by atoms with van der Waals surface area (Å²) in [5.74, 6) is -0.109. The number of rotatable bonds is 1. The zero-order chi connectivity index (χ0) is 14.1. The summed E-state index contributed by atoms with van der Waals surface area (Å²) >= 11 is 11.9. The summed E-state index contributed by atoms with van der Waals surface area (Å²) in [5, 5.41) is 0.666. The third-order valence-corrected chi connectivity index (χ3v) is 4.65. The molecule has 2 aliphatic heterocycles. The van der Waals surface area contributed by atoms with Gasteiger partial charge in [-0.3, -0.25) is 9.69 Å². The number of piperazine rings is 1. The molecule has 0 radical (unpaired) electrons. The van der Waals surface area contributed by atoms with E-state index in [-0.39, 0.29) is 11.6 Å². The van der Waals surface area contributed by atoms with Gasteiger partial charge in [-0.2, -0.15) is 0 Å². The molecular formula is C14H17Cl2N3O. The zero-order valence-corrected chi connectivity index (χ0v) is 12.7. The second-order valence-corrected chi connectivity index (χ2v) is 6.20. The molecule has 2 saturated heterocycles. The Bertz CT molecular complexity index is 523. The SMILES string of the molecule is O=C(c1nc(Cl)ccc1Cl)N1CCN2CCCCC2C1. The minimum absolute atomic E-state index is 0.109. The van der Waals surface area contributed by atoms with Crippen LogP contribution in [-0.2, 0) is 0 Å². The van der Waals surface area contributed by atoms with Crippen molar-refractivity contribution in [3.63, 3.8) is 0 Å². The number of aromatic nitrogens is 1. The normalized spacial score (nSPS) is 23.5. The van der Waals surface area contributed by atoms with Gasteiger partial charge in [-0.1, -0.05) is 29.6 Å². The van der Waals surface area contributed by atoms with E-state index in [9.17, 15) is 4.79 Å². The number of nitrogens with zero attached hydrogens (tertiary/aromatic N) is 3. The van der Waals surface area contributed by atoms with E-state index in [1.165, 1.54) is 19.3 Å². The van der Waals surface area contributed by atoms with Crippen LogP contribution in [0.5, 0.6) is 0 Å². The topological polar surface area (TPSA) is 36.4 Å². The van der Waals surface area contributed by atoms with Crippen molar-refractivity contribution in [3.8, 4) is 0 Å². The lowest BCUT2D eigenvalue weighted by Crippen LogP contribution is -2.56. The summed E-state index contributed by atoms with van der Waals surface area (Å²) in [7, 11) is 0. The highest BCUT2D eigenvalue weighted by Gasteiger charge is 2.32. The second kappa shape index (κ2) is 5.88. The van der Waals surface area contributed by atoms with Crippen molar-refractivity contribution >= 4 is 29.1 Å². The fraction of sp³-hybridized carbons (Fsp3) is 0.571. The Balaban J connectivity index is 1.76. The largest absolute Gasteiger partial charge is 0.334 e. The Hall–Kier alpha value is -0.840. The van der Waals surface area contributed by atoms with Crippen LogP contribution >= 0.6 is 23.2 Å². The van der Waals surface area contributed by atoms with Gasteiger partial charge in [-0.25, -0.2) is 4.98 Å². The van der Waals surface area contributed by atoms with E-state index >= 15 is 0 Å². The quantitative estimate of drug-likeness (QED) is 0.748. The van der Waals surface area contributed by atoms with Gasteiger partial charge >= 0.3 is 0 Å². The van der Waals surface area contributed by atoms with Gasteiger partial charge in [0.1, 0.15) is 10.8 Å². The first-order chi connectivity index (χ1) is 9.65. The zero-order valence-electron chi connectivity index (χ0n) is 11.2. The molecule has 1 aromatic heterocycles. The second-order valence-electron chi connectivity index (χ2n) is 5.40. The molecule has 20 heavy (non-hydrogen) atoms. The number of pyridine rings is 1. The van der Waals surface area contributed by atoms with Gasteiger partial charge in [0.15, 0.2) is 0 Å². The number of carbonyl (C=O) groups is 1. The van der Waals surface area contributed by atoms with Gasteiger partial charge in [-0.15, -0.1) is 0 Å². The molecule has 1 amide bonds. The first-order valence-electron chi connectivity index (χ1n) is 7.00. The van der Waals surface area contributed by atoms with Gasteiger partial charge in [0.25, 0.3) is 5.91 Å². The summed E-state index contributed by atoms with van der Waals surface area (Å²) in [6.07, 6.45) is 3.69. The molecule has 3 rings (SSSR count). The van der Waals surface area contributed by atoms with Crippen molar-refractivity contribution in [2.45, 2.75) is 25.3 Å². The number of carbonyl (C=O) groups excluding carboxylic acids is 1. The molecule has 0 aliphatic carbocycles. The first kappa shape index (κ1) is 14.1. The summed E-state index contributed by atoms with van der Waals surface area (Å²) in [6, 6.07) is 3.71. The Morgan fingerprint density at radius 3 is 2.90 bits per heavy atom. The minimum Gasteiger partial charge on any atom is -0.334 e. The summed E-state index contributed by atoms with van der Waals surface area (Å²) < 4.78 is 0. The van der Waals surface area contributed by atoms with Crippen LogP contribution in [0.1, 0.15) is 29.8 Å². The molecule has 4 nitrogen and oxygen atoms in total. The Labute approximate surface area is 128 Å². The van der Waals surface area contributed by atoms with E-state index in [1.807, 2.05) is 4.90 Å². The minimum atomic E-state index is -0.109. The highest BCUT2D eigenvalue weighted by molar-refractivity contribution is 6.34. The van der Waals surface area contributed by atoms with Crippen molar-refractivity contribution in [2.75, 3.05) is 26.2 Å². The molecule has 0 bridgehead atoms. The van der Waals surface area contributed by atoms with Crippen LogP contribution in [0.25, 0.3) is 0 Å². The molecule has 6 heteroatoms. The molecule has 0 aromatic carbocycles. The summed E-state index contributed by atoms with van der Waals surface area (Å²) in [4.78, 5) is 21.0. The fourth-order valence-electron chi connectivity index (χ4n) is 3.06. The molecule has 1 aromatic rings. The Kier molecular flexibility index (Phi) is 4.15. The van der Waals surface area contributed by atoms with Gasteiger partial charge < -0.3 is 4.90 Å². The van der Waals surface area contributed by atoms with Crippen LogP contribution in [-0.4, -0.2) is 52.9 Å². The Morgan fingerprint density at radius 1 is 1.20 bits per heavy atom. The monoisotopic (exact) mass is 313 g/mol. The van der Waals surface area contributed by atoms with Crippen LogP contribution in [0, 0.1) is 0 Å². The molecule has 1 atom stereocenters. The molecule has 3 heterocycles. The van der Waals surface area contributed by atoms with Crippen molar-refractivity contribution in [2.24, 2.45) is 0 Å². The van der Waals surface area contributed by atoms with Crippen LogP contribution < -0.4 is 0 Å². The van der Waals surface area contributed by atoms with E-state index in [2.05, 4.69) is 9.88 Å². The molecule has 2 fully saturated rings. The lowest BCUT2D eigenvalue weighted by atomic mass is 9.99. The third kappa shape index (κ3) is 2.78. The Morgan fingerprint density at radius 2 is 2.05 bits per heavy atom. The molecule has 108 valence electrons. The maximum atomic E-state index is 12.5. The van der Waals surface area contributed by atoms with Crippen LogP contribution in [0.4, 0.5) is 0 Å². The predicted octanol–water partition coefficient (Wildman–Crippen LogP) is 2.70. The van der Waals surface area contributed by atoms with Crippen molar-refractivity contribution in [1.29, 1.82) is 0 Å². The highest BCUT2D eigenvalue weighted by atomic mass is 35.5. The molecule has 2 aliphatic rings. The van der Waals surface area contributed by atoms with Crippen molar-refractivity contribution < 1.29 is 4.79 Å². The number of fused-ring (bicyclic) bond motifs is 1. The smallest absolute Gasteiger partial charge is 0.274 e. The molecular weight excluding hydrogens is 297 g/mol. The lowest BCUT2D eigenvalue weighted by Gasteiger charge is -2.43. The third-order valence-electron chi connectivity index (χ3n) is 4.14. The van der Waals surface area contributed by atoms with E-state index in [4.69, 9.17) is 23.2 Å². The van der Waals surface area contributed by atoms with Gasteiger partial charge in [0.05, 0.1) is 5.02 Å². The van der Waals surface area contributed by atoms with Gasteiger partial charge in [-0.05, 0) is 31.5 Å². The van der Waals surface area contributed by atoms with Crippen molar-refractivity contribution in [3.05, 3.63) is 28.0 Å². The average Bonchev–Trinajstić information content (AvgIpc) is 2.48.